The molecule has 2 unspecified atom stereocenters. The molecule has 2 atom stereocenters. The van der Waals surface area contributed by atoms with Crippen LogP contribution in [0.1, 0.15) is 37.6 Å². The minimum absolute atomic E-state index is 0.0340. The third kappa shape index (κ3) is 2.68. The van der Waals surface area contributed by atoms with Crippen molar-refractivity contribution in [3.05, 3.63) is 16.8 Å². The van der Waals surface area contributed by atoms with E-state index in [1.807, 2.05) is 25.7 Å². The minimum Gasteiger partial charge on any atom is -0.481 e. The van der Waals surface area contributed by atoms with Gasteiger partial charge in [0.15, 0.2) is 5.82 Å². The van der Waals surface area contributed by atoms with Crippen molar-refractivity contribution >= 4 is 11.8 Å². The molecule has 21 heavy (non-hydrogen) atoms. The lowest BCUT2D eigenvalue weighted by atomic mass is 9.99. The van der Waals surface area contributed by atoms with E-state index < -0.39 is 11.9 Å². The number of aryl methyl sites for hydroxylation is 1. The molecule has 0 bridgehead atoms. The SMILES string of the molecule is CCc1nnc(N2CC(C)C(C(=O)O)C2)c(C#N)c1CC. The van der Waals surface area contributed by atoms with Crippen molar-refractivity contribution in [3.8, 4) is 6.07 Å². The van der Waals surface area contributed by atoms with Crippen LogP contribution in [-0.2, 0) is 17.6 Å². The van der Waals surface area contributed by atoms with Gasteiger partial charge in [-0.25, -0.2) is 0 Å². The summed E-state index contributed by atoms with van der Waals surface area (Å²) in [5.41, 5.74) is 2.32. The Bertz CT molecular complexity index is 594. The van der Waals surface area contributed by atoms with Gasteiger partial charge in [-0.05, 0) is 24.3 Å². The zero-order valence-corrected chi connectivity index (χ0v) is 12.6. The van der Waals surface area contributed by atoms with Crippen LogP contribution in [0.4, 0.5) is 5.82 Å². The van der Waals surface area contributed by atoms with Gasteiger partial charge in [0.1, 0.15) is 11.6 Å². The van der Waals surface area contributed by atoms with Crippen LogP contribution in [0.15, 0.2) is 0 Å². The molecule has 6 heteroatoms. The summed E-state index contributed by atoms with van der Waals surface area (Å²) in [6.07, 6.45) is 1.46. The van der Waals surface area contributed by atoms with Crippen LogP contribution in [0.25, 0.3) is 0 Å². The molecule has 0 aliphatic carbocycles. The summed E-state index contributed by atoms with van der Waals surface area (Å²) in [4.78, 5) is 13.1. The summed E-state index contributed by atoms with van der Waals surface area (Å²) in [7, 11) is 0. The van der Waals surface area contributed by atoms with E-state index in [1.165, 1.54) is 0 Å². The maximum Gasteiger partial charge on any atom is 0.308 e. The van der Waals surface area contributed by atoms with Gasteiger partial charge in [0, 0.05) is 13.1 Å². The summed E-state index contributed by atoms with van der Waals surface area (Å²) >= 11 is 0. The van der Waals surface area contributed by atoms with Crippen molar-refractivity contribution in [2.45, 2.75) is 33.6 Å². The molecular formula is C15H20N4O2. The molecular weight excluding hydrogens is 268 g/mol. The van der Waals surface area contributed by atoms with E-state index in [0.717, 1.165) is 24.1 Å². The summed E-state index contributed by atoms with van der Waals surface area (Å²) in [5.74, 6) is -0.652. The predicted octanol–water partition coefficient (Wildman–Crippen LogP) is 1.63. The second-order valence-corrected chi connectivity index (χ2v) is 5.47. The fraction of sp³-hybridized carbons (Fsp3) is 0.600. The number of nitriles is 1. The van der Waals surface area contributed by atoms with E-state index in [4.69, 9.17) is 0 Å². The number of hydrogen-bond acceptors (Lipinski definition) is 5. The average Bonchev–Trinajstić information content (AvgIpc) is 2.87. The highest BCUT2D eigenvalue weighted by molar-refractivity contribution is 5.73. The van der Waals surface area contributed by atoms with Gasteiger partial charge in [-0.1, -0.05) is 20.8 Å². The number of anilines is 1. The number of rotatable bonds is 4. The van der Waals surface area contributed by atoms with Gasteiger partial charge in [0.05, 0.1) is 11.6 Å². The molecule has 1 aromatic heterocycles. The fourth-order valence-corrected chi connectivity index (χ4v) is 2.96. The van der Waals surface area contributed by atoms with Crippen LogP contribution in [0.2, 0.25) is 0 Å². The van der Waals surface area contributed by atoms with E-state index in [1.54, 1.807) is 0 Å². The molecule has 0 spiro atoms. The van der Waals surface area contributed by atoms with Crippen LogP contribution >= 0.6 is 0 Å². The number of carboxylic acids is 1. The van der Waals surface area contributed by atoms with E-state index in [9.17, 15) is 15.2 Å². The highest BCUT2D eigenvalue weighted by Gasteiger charge is 2.36. The van der Waals surface area contributed by atoms with Crippen LogP contribution in [0.3, 0.4) is 0 Å². The molecule has 1 fully saturated rings. The summed E-state index contributed by atoms with van der Waals surface area (Å²) in [6, 6.07) is 2.23. The van der Waals surface area contributed by atoms with Gasteiger partial charge in [-0.2, -0.15) is 10.4 Å². The predicted molar refractivity (Wildman–Crippen MR) is 78.0 cm³/mol. The maximum absolute atomic E-state index is 11.2. The smallest absolute Gasteiger partial charge is 0.308 e. The summed E-state index contributed by atoms with van der Waals surface area (Å²) in [6.45, 7) is 6.87. The Balaban J connectivity index is 2.42. The molecule has 1 N–H and O–H groups in total. The molecule has 1 saturated heterocycles. The lowest BCUT2D eigenvalue weighted by Gasteiger charge is -2.20. The second kappa shape index (κ2) is 6.08. The van der Waals surface area contributed by atoms with Crippen molar-refractivity contribution in [2.75, 3.05) is 18.0 Å². The number of carbonyl (C=O) groups is 1. The highest BCUT2D eigenvalue weighted by atomic mass is 16.4. The molecule has 112 valence electrons. The lowest BCUT2D eigenvalue weighted by Crippen LogP contribution is -2.25. The molecule has 2 rings (SSSR count). The van der Waals surface area contributed by atoms with Crippen molar-refractivity contribution in [2.24, 2.45) is 11.8 Å². The molecule has 0 saturated carbocycles. The summed E-state index contributed by atoms with van der Waals surface area (Å²) in [5, 5.41) is 27.1. The largest absolute Gasteiger partial charge is 0.481 e. The van der Waals surface area contributed by atoms with E-state index in [2.05, 4.69) is 16.3 Å². The van der Waals surface area contributed by atoms with Gasteiger partial charge < -0.3 is 10.0 Å². The van der Waals surface area contributed by atoms with Crippen molar-refractivity contribution in [3.63, 3.8) is 0 Å². The van der Waals surface area contributed by atoms with Crippen molar-refractivity contribution < 1.29 is 9.90 Å². The first-order chi connectivity index (χ1) is 10.0. The Labute approximate surface area is 124 Å². The fourth-order valence-electron chi connectivity index (χ4n) is 2.96. The topological polar surface area (TPSA) is 90.1 Å². The van der Waals surface area contributed by atoms with E-state index >= 15 is 0 Å². The van der Waals surface area contributed by atoms with Crippen LogP contribution < -0.4 is 4.90 Å². The Morgan fingerprint density at radius 3 is 2.57 bits per heavy atom. The van der Waals surface area contributed by atoms with Crippen molar-refractivity contribution in [1.82, 2.24) is 10.2 Å². The van der Waals surface area contributed by atoms with Gasteiger partial charge >= 0.3 is 5.97 Å². The first-order valence-corrected chi connectivity index (χ1v) is 7.29. The number of hydrogen-bond donors (Lipinski definition) is 1. The standard InChI is InChI=1S/C15H20N4O2/c1-4-10-11(6-16)14(18-17-13(10)5-2)19-7-9(3)12(8-19)15(20)21/h9,12H,4-5,7-8H2,1-3H3,(H,20,21). The van der Waals surface area contributed by atoms with E-state index in [0.29, 0.717) is 24.5 Å². The molecule has 0 radical (unpaired) electrons. The quantitative estimate of drug-likeness (QED) is 0.905. The highest BCUT2D eigenvalue weighted by Crippen LogP contribution is 2.30. The average molecular weight is 288 g/mol. The zero-order valence-electron chi connectivity index (χ0n) is 12.6. The van der Waals surface area contributed by atoms with Gasteiger partial charge in [0.2, 0.25) is 0 Å². The van der Waals surface area contributed by atoms with Crippen LogP contribution in [-0.4, -0.2) is 34.4 Å². The molecule has 1 aliphatic rings. The van der Waals surface area contributed by atoms with Crippen LogP contribution in [0.5, 0.6) is 0 Å². The zero-order chi connectivity index (χ0) is 15.6. The van der Waals surface area contributed by atoms with E-state index in [-0.39, 0.29) is 5.92 Å². The Morgan fingerprint density at radius 1 is 1.38 bits per heavy atom. The van der Waals surface area contributed by atoms with Gasteiger partial charge in [-0.15, -0.1) is 5.10 Å². The monoisotopic (exact) mass is 288 g/mol. The first kappa shape index (κ1) is 15.2. The Kier molecular flexibility index (Phi) is 4.41. The summed E-state index contributed by atoms with van der Waals surface area (Å²) < 4.78 is 0. The van der Waals surface area contributed by atoms with Crippen LogP contribution in [0, 0.1) is 23.2 Å². The Morgan fingerprint density at radius 2 is 2.10 bits per heavy atom. The molecule has 0 amide bonds. The number of nitrogens with zero attached hydrogens (tertiary/aromatic N) is 4. The molecule has 6 nitrogen and oxygen atoms in total. The molecule has 2 heterocycles. The molecule has 1 aromatic rings. The third-order valence-corrected chi connectivity index (χ3v) is 4.17. The molecule has 1 aliphatic heterocycles. The number of aromatic nitrogens is 2. The van der Waals surface area contributed by atoms with Gasteiger partial charge in [0.25, 0.3) is 0 Å². The second-order valence-electron chi connectivity index (χ2n) is 5.47. The third-order valence-electron chi connectivity index (χ3n) is 4.17. The minimum atomic E-state index is -0.794. The lowest BCUT2D eigenvalue weighted by molar-refractivity contribution is -0.142. The number of aliphatic carboxylic acids is 1. The van der Waals surface area contributed by atoms with Crippen molar-refractivity contribution in [1.29, 1.82) is 5.26 Å². The van der Waals surface area contributed by atoms with Gasteiger partial charge in [-0.3, -0.25) is 4.79 Å². The Hall–Kier alpha value is -2.16. The maximum atomic E-state index is 11.2. The normalized spacial score (nSPS) is 21.3. The first-order valence-electron chi connectivity index (χ1n) is 7.29. The number of carboxylic acid groups (broad SMARTS) is 1. The molecule has 0 aromatic carbocycles.